The number of hydrogen-bond donors (Lipinski definition) is 1. The number of methoxy groups -OCH3 is 1. The Morgan fingerprint density at radius 2 is 1.76 bits per heavy atom. The van der Waals surface area contributed by atoms with Gasteiger partial charge in [-0.25, -0.2) is 5.43 Å². The van der Waals surface area contributed by atoms with Crippen LogP contribution in [0, 0.1) is 0 Å². The zero-order valence-electron chi connectivity index (χ0n) is 17.2. The van der Waals surface area contributed by atoms with E-state index in [9.17, 15) is 4.79 Å². The van der Waals surface area contributed by atoms with Crippen molar-refractivity contribution in [3.05, 3.63) is 71.8 Å². The fraction of sp³-hybridized carbons (Fsp3) is 0.250. The zero-order valence-corrected chi connectivity index (χ0v) is 17.2. The Morgan fingerprint density at radius 1 is 1.03 bits per heavy atom. The summed E-state index contributed by atoms with van der Waals surface area (Å²) in [6, 6.07) is 19.6. The van der Waals surface area contributed by atoms with Crippen molar-refractivity contribution in [2.45, 2.75) is 26.2 Å². The first-order valence-corrected chi connectivity index (χ1v) is 9.49. The minimum absolute atomic E-state index is 0.0767. The van der Waals surface area contributed by atoms with Gasteiger partial charge in [0.15, 0.2) is 6.61 Å². The van der Waals surface area contributed by atoms with Crippen LogP contribution in [0.15, 0.2) is 65.8 Å². The number of amides is 1. The van der Waals surface area contributed by atoms with Gasteiger partial charge in [-0.2, -0.15) is 5.10 Å². The summed E-state index contributed by atoms with van der Waals surface area (Å²) in [4.78, 5) is 12.1. The first kappa shape index (κ1) is 20.4. The lowest BCUT2D eigenvalue weighted by Crippen LogP contribution is -2.24. The molecule has 3 rings (SSSR count). The van der Waals surface area contributed by atoms with Crippen LogP contribution in [-0.2, 0) is 10.2 Å². The third kappa shape index (κ3) is 5.13. The predicted molar refractivity (Wildman–Crippen MR) is 117 cm³/mol. The van der Waals surface area contributed by atoms with Crippen molar-refractivity contribution >= 4 is 22.9 Å². The maximum Gasteiger partial charge on any atom is 0.277 e. The van der Waals surface area contributed by atoms with Crippen molar-refractivity contribution in [1.29, 1.82) is 0 Å². The second-order valence-electron chi connectivity index (χ2n) is 7.76. The highest BCUT2D eigenvalue weighted by Crippen LogP contribution is 2.26. The molecule has 29 heavy (non-hydrogen) atoms. The van der Waals surface area contributed by atoms with E-state index in [1.807, 2.05) is 60.7 Å². The normalized spacial score (nSPS) is 11.6. The van der Waals surface area contributed by atoms with Gasteiger partial charge in [-0.1, -0.05) is 63.2 Å². The molecule has 0 saturated heterocycles. The number of ether oxygens (including phenoxy) is 2. The van der Waals surface area contributed by atoms with E-state index in [-0.39, 0.29) is 17.9 Å². The fourth-order valence-electron chi connectivity index (χ4n) is 2.99. The molecule has 1 N–H and O–H groups in total. The smallest absolute Gasteiger partial charge is 0.277 e. The van der Waals surface area contributed by atoms with Gasteiger partial charge in [0.25, 0.3) is 5.91 Å². The van der Waals surface area contributed by atoms with E-state index in [4.69, 9.17) is 9.47 Å². The monoisotopic (exact) mass is 390 g/mol. The van der Waals surface area contributed by atoms with E-state index in [2.05, 4.69) is 31.3 Å². The quantitative estimate of drug-likeness (QED) is 0.491. The topological polar surface area (TPSA) is 59.9 Å². The number of carbonyl (C=O) groups excluding carboxylic acids is 1. The van der Waals surface area contributed by atoms with E-state index in [0.29, 0.717) is 11.5 Å². The summed E-state index contributed by atoms with van der Waals surface area (Å²) in [7, 11) is 1.61. The number of fused-ring (bicyclic) bond motifs is 1. The lowest BCUT2D eigenvalue weighted by Gasteiger charge is -2.19. The van der Waals surface area contributed by atoms with Crippen LogP contribution in [0.1, 0.15) is 31.9 Å². The van der Waals surface area contributed by atoms with Crippen molar-refractivity contribution in [3.8, 4) is 11.5 Å². The summed E-state index contributed by atoms with van der Waals surface area (Å²) in [5.74, 6) is 1.00. The van der Waals surface area contributed by atoms with E-state index >= 15 is 0 Å². The number of carbonyl (C=O) groups is 1. The van der Waals surface area contributed by atoms with E-state index in [1.165, 1.54) is 5.56 Å². The Labute approximate surface area is 171 Å². The van der Waals surface area contributed by atoms with Gasteiger partial charge in [-0.15, -0.1) is 0 Å². The van der Waals surface area contributed by atoms with E-state index in [0.717, 1.165) is 16.3 Å². The van der Waals surface area contributed by atoms with Gasteiger partial charge in [-0.3, -0.25) is 4.79 Å². The Kier molecular flexibility index (Phi) is 6.17. The molecule has 0 atom stereocenters. The van der Waals surface area contributed by atoms with Gasteiger partial charge in [-0.05, 0) is 39.9 Å². The standard InChI is InChI=1S/C24H26N2O3/c1-24(2,3)18-10-12-19(13-11-18)29-16-23(27)26-25-15-21-20-8-6-5-7-17(20)9-14-22(21)28-4/h5-15H,16H2,1-4H3,(H,26,27)/b25-15+. The van der Waals surface area contributed by atoms with Gasteiger partial charge in [0, 0.05) is 5.56 Å². The summed E-state index contributed by atoms with van der Waals surface area (Å²) >= 11 is 0. The van der Waals surface area contributed by atoms with Crippen LogP contribution in [0.25, 0.3) is 10.8 Å². The van der Waals surface area contributed by atoms with Gasteiger partial charge >= 0.3 is 0 Å². The van der Waals surface area contributed by atoms with Crippen LogP contribution in [0.5, 0.6) is 11.5 Å². The van der Waals surface area contributed by atoms with E-state index in [1.54, 1.807) is 13.3 Å². The number of nitrogens with zero attached hydrogens (tertiary/aromatic N) is 1. The second-order valence-corrected chi connectivity index (χ2v) is 7.76. The van der Waals surface area contributed by atoms with Crippen LogP contribution < -0.4 is 14.9 Å². The minimum atomic E-state index is -0.333. The average molecular weight is 390 g/mol. The zero-order chi connectivity index (χ0) is 20.9. The van der Waals surface area contributed by atoms with Gasteiger partial charge in [0.2, 0.25) is 0 Å². The van der Waals surface area contributed by atoms with Crippen LogP contribution in [0.2, 0.25) is 0 Å². The first-order chi connectivity index (χ1) is 13.9. The van der Waals surface area contributed by atoms with Crippen molar-refractivity contribution in [1.82, 2.24) is 5.43 Å². The van der Waals surface area contributed by atoms with Crippen molar-refractivity contribution in [2.75, 3.05) is 13.7 Å². The molecule has 0 unspecified atom stereocenters. The predicted octanol–water partition coefficient (Wildman–Crippen LogP) is 4.68. The molecule has 0 aromatic heterocycles. The highest BCUT2D eigenvalue weighted by Gasteiger charge is 2.13. The minimum Gasteiger partial charge on any atom is -0.496 e. The largest absolute Gasteiger partial charge is 0.496 e. The van der Waals surface area contributed by atoms with Crippen molar-refractivity contribution in [2.24, 2.45) is 5.10 Å². The maximum absolute atomic E-state index is 12.1. The third-order valence-corrected chi connectivity index (χ3v) is 4.62. The summed E-state index contributed by atoms with van der Waals surface area (Å²) in [6.07, 6.45) is 1.59. The molecule has 0 saturated carbocycles. The molecule has 0 aliphatic carbocycles. The molecule has 150 valence electrons. The third-order valence-electron chi connectivity index (χ3n) is 4.62. The van der Waals surface area contributed by atoms with Gasteiger partial charge in [0.05, 0.1) is 13.3 Å². The molecule has 0 spiro atoms. The Morgan fingerprint density at radius 3 is 2.45 bits per heavy atom. The summed E-state index contributed by atoms with van der Waals surface area (Å²) < 4.78 is 11.0. The van der Waals surface area contributed by atoms with Crippen molar-refractivity contribution < 1.29 is 14.3 Å². The molecule has 0 bridgehead atoms. The molecule has 3 aromatic rings. The van der Waals surface area contributed by atoms with Crippen LogP contribution >= 0.6 is 0 Å². The number of nitrogens with one attached hydrogen (secondary N) is 1. The summed E-state index contributed by atoms with van der Waals surface area (Å²) in [5.41, 5.74) is 4.60. The van der Waals surface area contributed by atoms with Gasteiger partial charge in [0.1, 0.15) is 11.5 Å². The summed E-state index contributed by atoms with van der Waals surface area (Å²) in [5, 5.41) is 6.15. The highest BCUT2D eigenvalue weighted by molar-refractivity contribution is 6.02. The fourth-order valence-corrected chi connectivity index (χ4v) is 2.99. The first-order valence-electron chi connectivity index (χ1n) is 9.49. The van der Waals surface area contributed by atoms with E-state index < -0.39 is 0 Å². The molecule has 0 aliphatic rings. The molecular formula is C24H26N2O3. The average Bonchev–Trinajstić information content (AvgIpc) is 2.72. The van der Waals surface area contributed by atoms with Crippen LogP contribution in [0.3, 0.4) is 0 Å². The maximum atomic E-state index is 12.1. The molecule has 3 aromatic carbocycles. The molecule has 0 heterocycles. The molecule has 0 aliphatic heterocycles. The SMILES string of the molecule is COc1ccc2ccccc2c1/C=N/NC(=O)COc1ccc(C(C)(C)C)cc1. The highest BCUT2D eigenvalue weighted by atomic mass is 16.5. The summed E-state index contributed by atoms with van der Waals surface area (Å²) in [6.45, 7) is 6.34. The Balaban J connectivity index is 1.61. The number of benzene rings is 3. The Bertz CT molecular complexity index is 1020. The number of rotatable bonds is 6. The second kappa shape index (κ2) is 8.78. The van der Waals surface area contributed by atoms with Crippen LogP contribution in [0.4, 0.5) is 0 Å². The molecule has 5 heteroatoms. The number of hydrogen-bond acceptors (Lipinski definition) is 4. The Hall–Kier alpha value is -3.34. The van der Waals surface area contributed by atoms with Crippen LogP contribution in [-0.4, -0.2) is 25.8 Å². The van der Waals surface area contributed by atoms with Gasteiger partial charge < -0.3 is 9.47 Å². The lowest BCUT2D eigenvalue weighted by molar-refractivity contribution is -0.123. The number of hydrazone groups is 1. The molecule has 1 amide bonds. The molecule has 5 nitrogen and oxygen atoms in total. The molecular weight excluding hydrogens is 364 g/mol. The molecule has 0 radical (unpaired) electrons. The molecule has 0 fully saturated rings. The lowest BCUT2D eigenvalue weighted by atomic mass is 9.87. The van der Waals surface area contributed by atoms with Crippen molar-refractivity contribution in [3.63, 3.8) is 0 Å².